The largest absolute Gasteiger partial charge is 0.355 e. The molecular weight excluding hydrogens is 280 g/mol. The maximum atomic E-state index is 11.5. The van der Waals surface area contributed by atoms with E-state index >= 15 is 0 Å². The maximum Gasteiger partial charge on any atom is 0.252 e. The summed E-state index contributed by atoms with van der Waals surface area (Å²) in [6.45, 7) is 2.41. The molecule has 2 N–H and O–H groups in total. The first-order valence-corrected chi connectivity index (χ1v) is 6.09. The summed E-state index contributed by atoms with van der Waals surface area (Å²) in [5.74, 6) is -0.414. The molecule has 1 aromatic rings. The Bertz CT molecular complexity index is 365. The van der Waals surface area contributed by atoms with Crippen molar-refractivity contribution in [3.63, 3.8) is 0 Å². The van der Waals surface area contributed by atoms with Crippen LogP contribution in [-0.2, 0) is 4.79 Å². The number of halogens is 1. The average Bonchev–Trinajstić information content (AvgIpc) is 2.62. The van der Waals surface area contributed by atoms with Gasteiger partial charge in [-0.3, -0.25) is 9.59 Å². The molecule has 0 unspecified atom stereocenters. The van der Waals surface area contributed by atoms with Crippen molar-refractivity contribution in [1.29, 1.82) is 0 Å². The van der Waals surface area contributed by atoms with Gasteiger partial charge in [0.15, 0.2) is 0 Å². The minimum atomic E-state index is -0.233. The fourth-order valence-electron chi connectivity index (χ4n) is 0.951. The Morgan fingerprint density at radius 2 is 2.20 bits per heavy atom. The summed E-state index contributed by atoms with van der Waals surface area (Å²) in [5, 5.41) is 6.86. The maximum absolute atomic E-state index is 11.5. The van der Waals surface area contributed by atoms with Crippen molar-refractivity contribution in [2.75, 3.05) is 13.1 Å². The number of carbonyl (C=O) groups is 2. The van der Waals surface area contributed by atoms with Crippen LogP contribution in [0.5, 0.6) is 0 Å². The lowest BCUT2D eigenvalue weighted by Crippen LogP contribution is -2.36. The van der Waals surface area contributed by atoms with Gasteiger partial charge in [-0.05, 0) is 28.9 Å². The molecule has 1 heterocycles. The van der Waals surface area contributed by atoms with Gasteiger partial charge in [0.25, 0.3) is 5.91 Å². The van der Waals surface area contributed by atoms with E-state index in [4.69, 9.17) is 0 Å². The molecule has 2 amide bonds. The van der Waals surface area contributed by atoms with Crippen LogP contribution in [0, 0.1) is 0 Å². The lowest BCUT2D eigenvalue weighted by atomic mass is 10.3. The Hall–Kier alpha value is -0.880. The average molecular weight is 291 g/mol. The van der Waals surface area contributed by atoms with Crippen LogP contribution in [0.1, 0.15) is 17.3 Å². The zero-order valence-electron chi connectivity index (χ0n) is 8.17. The molecule has 0 atom stereocenters. The summed E-state index contributed by atoms with van der Waals surface area (Å²) >= 11 is 4.70. The normalized spacial score (nSPS) is 9.73. The van der Waals surface area contributed by atoms with Crippen molar-refractivity contribution in [2.24, 2.45) is 0 Å². The summed E-state index contributed by atoms with van der Waals surface area (Å²) < 4.78 is 0.894. The summed E-state index contributed by atoms with van der Waals surface area (Å²) in [4.78, 5) is 22.5. The number of hydrogen-bond donors (Lipinski definition) is 2. The SMILES string of the molecule is CCNC(=O)CNC(=O)c1csc(Br)c1. The van der Waals surface area contributed by atoms with Crippen molar-refractivity contribution in [1.82, 2.24) is 10.6 Å². The Kier molecular flexibility index (Phi) is 4.77. The molecule has 0 aliphatic rings. The van der Waals surface area contributed by atoms with E-state index in [0.717, 1.165) is 3.79 Å². The second-order valence-electron chi connectivity index (χ2n) is 2.78. The van der Waals surface area contributed by atoms with E-state index in [1.165, 1.54) is 11.3 Å². The Morgan fingerprint density at radius 3 is 2.73 bits per heavy atom. The third-order valence-electron chi connectivity index (χ3n) is 1.61. The number of likely N-dealkylation sites (N-methyl/N-ethyl adjacent to an activating group) is 1. The fourth-order valence-corrected chi connectivity index (χ4v) is 2.09. The second kappa shape index (κ2) is 5.87. The van der Waals surface area contributed by atoms with Crippen LogP contribution in [0.4, 0.5) is 0 Å². The molecule has 4 nitrogen and oxygen atoms in total. The monoisotopic (exact) mass is 290 g/mol. The van der Waals surface area contributed by atoms with Gasteiger partial charge in [0.05, 0.1) is 15.9 Å². The van der Waals surface area contributed by atoms with E-state index in [0.29, 0.717) is 12.1 Å². The molecule has 0 radical (unpaired) electrons. The number of hydrogen-bond acceptors (Lipinski definition) is 3. The molecule has 1 aromatic heterocycles. The number of nitrogens with one attached hydrogen (secondary N) is 2. The first-order chi connectivity index (χ1) is 7.13. The van der Waals surface area contributed by atoms with E-state index in [1.54, 1.807) is 11.4 Å². The van der Waals surface area contributed by atoms with Crippen LogP contribution < -0.4 is 10.6 Å². The summed E-state index contributed by atoms with van der Waals surface area (Å²) in [6.07, 6.45) is 0. The molecule has 0 spiro atoms. The molecule has 0 fully saturated rings. The van der Waals surface area contributed by atoms with Crippen molar-refractivity contribution in [3.8, 4) is 0 Å². The predicted octanol–water partition coefficient (Wildman–Crippen LogP) is 1.38. The molecule has 82 valence electrons. The van der Waals surface area contributed by atoms with Gasteiger partial charge in [0, 0.05) is 11.9 Å². The summed E-state index contributed by atoms with van der Waals surface area (Å²) in [5.41, 5.74) is 0.566. The number of rotatable bonds is 4. The molecule has 0 aromatic carbocycles. The van der Waals surface area contributed by atoms with Gasteiger partial charge in [0.2, 0.25) is 5.91 Å². The quantitative estimate of drug-likeness (QED) is 0.880. The molecule has 0 bridgehead atoms. The van der Waals surface area contributed by atoms with Crippen LogP contribution in [0.2, 0.25) is 0 Å². The number of thiophene rings is 1. The zero-order valence-corrected chi connectivity index (χ0v) is 10.6. The van der Waals surface area contributed by atoms with Crippen LogP contribution >= 0.6 is 27.3 Å². The van der Waals surface area contributed by atoms with Crippen molar-refractivity contribution in [3.05, 3.63) is 20.8 Å². The van der Waals surface area contributed by atoms with Gasteiger partial charge in [-0.15, -0.1) is 11.3 Å². The van der Waals surface area contributed by atoms with E-state index < -0.39 is 0 Å². The molecular formula is C9H11BrN2O2S. The second-order valence-corrected chi connectivity index (χ2v) is 5.07. The highest BCUT2D eigenvalue weighted by Gasteiger charge is 2.08. The third kappa shape index (κ3) is 4.01. The third-order valence-corrected chi connectivity index (χ3v) is 3.12. The molecule has 0 aliphatic heterocycles. The highest BCUT2D eigenvalue weighted by Crippen LogP contribution is 2.20. The van der Waals surface area contributed by atoms with E-state index in [9.17, 15) is 9.59 Å². The first-order valence-electron chi connectivity index (χ1n) is 4.42. The minimum Gasteiger partial charge on any atom is -0.355 e. The highest BCUT2D eigenvalue weighted by molar-refractivity contribution is 9.11. The zero-order chi connectivity index (χ0) is 11.3. The Morgan fingerprint density at radius 1 is 1.47 bits per heavy atom. The van der Waals surface area contributed by atoms with Crippen molar-refractivity contribution in [2.45, 2.75) is 6.92 Å². The van der Waals surface area contributed by atoms with Crippen molar-refractivity contribution >= 4 is 39.1 Å². The van der Waals surface area contributed by atoms with Gasteiger partial charge >= 0.3 is 0 Å². The van der Waals surface area contributed by atoms with Gasteiger partial charge in [0.1, 0.15) is 0 Å². The van der Waals surface area contributed by atoms with Gasteiger partial charge in [-0.1, -0.05) is 0 Å². The Labute approximate surface area is 100 Å². The summed E-state index contributed by atoms with van der Waals surface area (Å²) in [6, 6.07) is 1.72. The van der Waals surface area contributed by atoms with Crippen LogP contribution in [-0.4, -0.2) is 24.9 Å². The van der Waals surface area contributed by atoms with E-state index in [-0.39, 0.29) is 18.4 Å². The molecule has 6 heteroatoms. The first kappa shape index (κ1) is 12.2. The molecule has 15 heavy (non-hydrogen) atoms. The predicted molar refractivity (Wildman–Crippen MR) is 63.0 cm³/mol. The molecule has 0 saturated heterocycles. The number of carbonyl (C=O) groups excluding carboxylic acids is 2. The number of amides is 2. The van der Waals surface area contributed by atoms with Crippen molar-refractivity contribution < 1.29 is 9.59 Å². The highest BCUT2D eigenvalue weighted by atomic mass is 79.9. The van der Waals surface area contributed by atoms with Crippen LogP contribution in [0.25, 0.3) is 0 Å². The summed E-state index contributed by atoms with van der Waals surface area (Å²) in [7, 11) is 0. The van der Waals surface area contributed by atoms with E-state index in [1.807, 2.05) is 6.92 Å². The lowest BCUT2D eigenvalue weighted by Gasteiger charge is -2.03. The van der Waals surface area contributed by atoms with Crippen LogP contribution in [0.3, 0.4) is 0 Å². The van der Waals surface area contributed by atoms with E-state index in [2.05, 4.69) is 26.6 Å². The topological polar surface area (TPSA) is 58.2 Å². The molecule has 0 aliphatic carbocycles. The smallest absolute Gasteiger partial charge is 0.252 e. The molecule has 1 rings (SSSR count). The lowest BCUT2D eigenvalue weighted by molar-refractivity contribution is -0.120. The van der Waals surface area contributed by atoms with Gasteiger partial charge in [-0.2, -0.15) is 0 Å². The van der Waals surface area contributed by atoms with Gasteiger partial charge in [-0.25, -0.2) is 0 Å². The van der Waals surface area contributed by atoms with Crippen LogP contribution in [0.15, 0.2) is 15.2 Å². The fraction of sp³-hybridized carbons (Fsp3) is 0.333. The van der Waals surface area contributed by atoms with Gasteiger partial charge < -0.3 is 10.6 Å². The Balaban J connectivity index is 2.40. The standard InChI is InChI=1S/C9H11BrN2O2S/c1-2-11-8(13)4-12-9(14)6-3-7(10)15-5-6/h3,5H,2,4H2,1H3,(H,11,13)(H,12,14). The minimum absolute atomic E-state index is 0.0140. The molecule has 0 saturated carbocycles.